The lowest BCUT2D eigenvalue weighted by atomic mass is 9.82. The van der Waals surface area contributed by atoms with E-state index in [4.69, 9.17) is 0 Å². The van der Waals surface area contributed by atoms with E-state index in [0.29, 0.717) is 30.0 Å². The van der Waals surface area contributed by atoms with Crippen molar-refractivity contribution in [1.29, 1.82) is 0 Å². The van der Waals surface area contributed by atoms with Crippen molar-refractivity contribution in [2.45, 2.75) is 50.3 Å². The number of nitrogens with one attached hydrogen (secondary N) is 1. The molecule has 1 atom stereocenters. The van der Waals surface area contributed by atoms with Gasteiger partial charge in [0.25, 0.3) is 5.91 Å². The highest BCUT2D eigenvalue weighted by Gasteiger charge is 2.52. The van der Waals surface area contributed by atoms with Gasteiger partial charge in [-0.25, -0.2) is 9.18 Å². The molecule has 2 N–H and O–H groups in total. The maximum Gasteiger partial charge on any atom is 0.416 e. The summed E-state index contributed by atoms with van der Waals surface area (Å²) < 4.78 is 58.4. The minimum atomic E-state index is -4.64. The smallest absolute Gasteiger partial charge is 0.380 e. The molecule has 4 rings (SSSR count). The van der Waals surface area contributed by atoms with Gasteiger partial charge in [-0.05, 0) is 75.1 Å². The van der Waals surface area contributed by atoms with E-state index in [0.717, 1.165) is 12.1 Å². The quantitative estimate of drug-likeness (QED) is 0.544. The first kappa shape index (κ1) is 22.9. The van der Waals surface area contributed by atoms with Crippen LogP contribution in [0.4, 0.5) is 23.2 Å². The molecule has 1 saturated carbocycles. The Labute approximate surface area is 185 Å². The number of aliphatic hydroxyl groups is 1. The minimum Gasteiger partial charge on any atom is -0.380 e. The van der Waals surface area contributed by atoms with Crippen LogP contribution in [0.1, 0.15) is 43.0 Å². The number of hydrogen-bond donors (Lipinski definition) is 2. The molecule has 0 spiro atoms. The number of aryl methyl sites for hydroxylation is 1. The van der Waals surface area contributed by atoms with Crippen LogP contribution in [-0.2, 0) is 16.4 Å². The van der Waals surface area contributed by atoms with Crippen molar-refractivity contribution in [3.63, 3.8) is 0 Å². The largest absolute Gasteiger partial charge is 0.416 e. The lowest BCUT2D eigenvalue weighted by Gasteiger charge is -2.28. The number of hydrogen-bond acceptors (Lipinski definition) is 5. The van der Waals surface area contributed by atoms with Gasteiger partial charge in [0.05, 0.1) is 16.6 Å². The number of alkyl halides is 3. The fourth-order valence-electron chi connectivity index (χ4n) is 4.11. The molecule has 1 aliphatic rings. The SMILES string of the molecule is Cc1noc(=O)c2ccc(NC(=O)C(C)(O)CC3(c4cc(C(F)(F)F)ccc4F)CC3)cc12. The molecule has 10 heteroatoms. The number of halogens is 4. The fourth-order valence-corrected chi connectivity index (χ4v) is 4.11. The molecule has 6 nitrogen and oxygen atoms in total. The van der Waals surface area contributed by atoms with Crippen LogP contribution in [0.2, 0.25) is 0 Å². The summed E-state index contributed by atoms with van der Waals surface area (Å²) in [6, 6.07) is 6.57. The van der Waals surface area contributed by atoms with E-state index in [2.05, 4.69) is 15.0 Å². The van der Waals surface area contributed by atoms with Gasteiger partial charge in [0.1, 0.15) is 11.4 Å². The first-order valence-corrected chi connectivity index (χ1v) is 10.1. The number of carbonyl (C=O) groups is 1. The third-order valence-corrected chi connectivity index (χ3v) is 6.04. The maximum atomic E-state index is 14.4. The number of rotatable bonds is 5. The average molecular weight is 464 g/mol. The molecule has 1 fully saturated rings. The molecular weight excluding hydrogens is 444 g/mol. The molecular formula is C23H20F4N2O4. The van der Waals surface area contributed by atoms with Crippen molar-refractivity contribution in [3.05, 3.63) is 69.5 Å². The Morgan fingerprint density at radius 1 is 1.18 bits per heavy atom. The zero-order valence-electron chi connectivity index (χ0n) is 17.7. The maximum absolute atomic E-state index is 14.4. The second-order valence-electron chi connectivity index (χ2n) is 8.69. The van der Waals surface area contributed by atoms with Gasteiger partial charge in [0.15, 0.2) is 0 Å². The second kappa shape index (κ2) is 7.65. The Hall–Kier alpha value is -3.27. The summed E-state index contributed by atoms with van der Waals surface area (Å²) in [5.74, 6) is -1.62. The minimum absolute atomic E-state index is 0.162. The number of carbonyl (C=O) groups excluding carboxylic acids is 1. The van der Waals surface area contributed by atoms with E-state index in [1.165, 1.54) is 25.1 Å². The molecule has 0 radical (unpaired) electrons. The van der Waals surface area contributed by atoms with Crippen LogP contribution in [0, 0.1) is 12.7 Å². The molecule has 3 aromatic rings. The van der Waals surface area contributed by atoms with E-state index < -0.39 is 40.1 Å². The van der Waals surface area contributed by atoms with Crippen LogP contribution in [0.15, 0.2) is 45.7 Å². The van der Waals surface area contributed by atoms with E-state index in [-0.39, 0.29) is 23.1 Å². The topological polar surface area (TPSA) is 92.4 Å². The molecule has 1 aromatic heterocycles. The number of amides is 1. The summed E-state index contributed by atoms with van der Waals surface area (Å²) >= 11 is 0. The third kappa shape index (κ3) is 4.35. The molecule has 0 bridgehead atoms. The molecule has 174 valence electrons. The number of anilines is 1. The Kier molecular flexibility index (Phi) is 5.31. The van der Waals surface area contributed by atoms with Gasteiger partial charge in [0, 0.05) is 16.5 Å². The van der Waals surface area contributed by atoms with Gasteiger partial charge in [0.2, 0.25) is 0 Å². The van der Waals surface area contributed by atoms with Gasteiger partial charge in [-0.2, -0.15) is 13.2 Å². The molecule has 0 aliphatic heterocycles. The van der Waals surface area contributed by atoms with Crippen molar-refractivity contribution in [2.24, 2.45) is 0 Å². The Morgan fingerprint density at radius 3 is 2.52 bits per heavy atom. The normalized spacial score (nSPS) is 16.9. The molecule has 1 unspecified atom stereocenters. The predicted molar refractivity (Wildman–Crippen MR) is 111 cm³/mol. The van der Waals surface area contributed by atoms with Gasteiger partial charge in [-0.3, -0.25) is 4.79 Å². The number of benzene rings is 2. The standard InChI is InChI=1S/C23H20F4N2O4/c1-12-16-10-14(4-5-15(16)19(30)33-29-12)28-20(31)21(2,32)11-22(7-8-22)17-9-13(23(25,26)27)3-6-18(17)24/h3-6,9-10,32H,7-8,11H2,1-2H3,(H,28,31). The second-order valence-corrected chi connectivity index (χ2v) is 8.69. The van der Waals surface area contributed by atoms with Gasteiger partial charge < -0.3 is 14.9 Å². The Bertz CT molecular complexity index is 1310. The van der Waals surface area contributed by atoms with E-state index >= 15 is 0 Å². The van der Waals surface area contributed by atoms with Crippen molar-refractivity contribution in [3.8, 4) is 0 Å². The van der Waals surface area contributed by atoms with Crippen LogP contribution in [0.3, 0.4) is 0 Å². The van der Waals surface area contributed by atoms with E-state index in [1.807, 2.05) is 0 Å². The number of aromatic nitrogens is 1. The van der Waals surface area contributed by atoms with Crippen LogP contribution in [0.5, 0.6) is 0 Å². The lowest BCUT2D eigenvalue weighted by molar-refractivity contribution is -0.138. The van der Waals surface area contributed by atoms with Gasteiger partial charge in [-0.15, -0.1) is 0 Å². The molecule has 1 aliphatic carbocycles. The van der Waals surface area contributed by atoms with Crippen LogP contribution in [0.25, 0.3) is 10.8 Å². The molecule has 2 aromatic carbocycles. The van der Waals surface area contributed by atoms with Crippen molar-refractivity contribution >= 4 is 22.4 Å². The van der Waals surface area contributed by atoms with Crippen molar-refractivity contribution in [2.75, 3.05) is 5.32 Å². The Morgan fingerprint density at radius 2 is 1.88 bits per heavy atom. The summed E-state index contributed by atoms with van der Waals surface area (Å²) in [7, 11) is 0. The molecule has 1 heterocycles. The summed E-state index contributed by atoms with van der Waals surface area (Å²) in [5.41, 5.74) is -4.17. The van der Waals surface area contributed by atoms with E-state index in [1.54, 1.807) is 6.92 Å². The first-order valence-electron chi connectivity index (χ1n) is 10.1. The number of fused-ring (bicyclic) bond motifs is 1. The van der Waals surface area contributed by atoms with E-state index in [9.17, 15) is 32.3 Å². The average Bonchev–Trinajstić information content (AvgIpc) is 3.50. The summed E-state index contributed by atoms with van der Waals surface area (Å²) in [4.78, 5) is 24.6. The zero-order chi connectivity index (χ0) is 24.2. The highest BCUT2D eigenvalue weighted by atomic mass is 19.4. The van der Waals surface area contributed by atoms with Crippen LogP contribution >= 0.6 is 0 Å². The summed E-state index contributed by atoms with van der Waals surface area (Å²) in [5, 5.41) is 17.8. The predicted octanol–water partition coefficient (Wildman–Crippen LogP) is 4.47. The summed E-state index contributed by atoms with van der Waals surface area (Å²) in [6.07, 6.45) is -4.23. The lowest BCUT2D eigenvalue weighted by Crippen LogP contribution is -2.43. The molecule has 33 heavy (non-hydrogen) atoms. The van der Waals surface area contributed by atoms with Gasteiger partial charge >= 0.3 is 11.8 Å². The third-order valence-electron chi connectivity index (χ3n) is 6.04. The fraction of sp³-hybridized carbons (Fsp3) is 0.348. The van der Waals surface area contributed by atoms with Crippen LogP contribution < -0.4 is 10.9 Å². The first-order chi connectivity index (χ1) is 15.3. The summed E-state index contributed by atoms with van der Waals surface area (Å²) in [6.45, 7) is 2.85. The monoisotopic (exact) mass is 464 g/mol. The van der Waals surface area contributed by atoms with Crippen molar-refractivity contribution in [1.82, 2.24) is 5.16 Å². The Balaban J connectivity index is 1.58. The van der Waals surface area contributed by atoms with Crippen molar-refractivity contribution < 1.29 is 32.0 Å². The van der Waals surface area contributed by atoms with Crippen LogP contribution in [-0.4, -0.2) is 21.8 Å². The highest BCUT2D eigenvalue weighted by Crippen LogP contribution is 2.54. The van der Waals surface area contributed by atoms with Gasteiger partial charge in [-0.1, -0.05) is 5.16 Å². The number of nitrogens with zero attached hydrogens (tertiary/aromatic N) is 1. The molecule has 1 amide bonds. The molecule has 0 saturated heterocycles. The zero-order valence-corrected chi connectivity index (χ0v) is 17.7. The highest BCUT2D eigenvalue weighted by molar-refractivity contribution is 5.99.